The fraction of sp³-hybridized carbons (Fsp3) is 0.438. The zero-order chi connectivity index (χ0) is 16.3. The summed E-state index contributed by atoms with van der Waals surface area (Å²) in [7, 11) is 0. The fourth-order valence-electron chi connectivity index (χ4n) is 2.67. The van der Waals surface area contributed by atoms with E-state index in [-0.39, 0.29) is 23.3 Å². The second-order valence-corrected chi connectivity index (χ2v) is 5.68. The third-order valence-corrected chi connectivity index (χ3v) is 3.70. The second kappa shape index (κ2) is 6.56. The number of likely N-dealkylation sites (tertiary alicyclic amines) is 1. The van der Waals surface area contributed by atoms with E-state index in [0.29, 0.717) is 18.7 Å². The predicted molar refractivity (Wildman–Crippen MR) is 79.3 cm³/mol. The number of carbonyl (C=O) groups is 2. The van der Waals surface area contributed by atoms with Crippen LogP contribution in [0.4, 0.5) is 10.1 Å². The Bertz CT molecular complexity index is 637. The summed E-state index contributed by atoms with van der Waals surface area (Å²) in [6, 6.07) is 4.99. The van der Waals surface area contributed by atoms with Crippen LogP contribution in [0.2, 0.25) is 0 Å². The van der Waals surface area contributed by atoms with Crippen molar-refractivity contribution < 1.29 is 14.0 Å². The molecule has 116 valence electrons. The molecule has 0 bridgehead atoms. The highest BCUT2D eigenvalue weighted by Gasteiger charge is 2.34. The molecule has 1 atom stereocenters. The minimum Gasteiger partial charge on any atom is -0.330 e. The summed E-state index contributed by atoms with van der Waals surface area (Å²) in [5.74, 6) is -1.01. The molecular formula is C16H18FN3O2. The van der Waals surface area contributed by atoms with Crippen LogP contribution in [-0.4, -0.2) is 29.3 Å². The molecule has 22 heavy (non-hydrogen) atoms. The first-order valence-electron chi connectivity index (χ1n) is 7.24. The van der Waals surface area contributed by atoms with Crippen molar-refractivity contribution in [1.82, 2.24) is 4.90 Å². The number of benzene rings is 1. The summed E-state index contributed by atoms with van der Waals surface area (Å²) >= 11 is 0. The summed E-state index contributed by atoms with van der Waals surface area (Å²) in [6.07, 6.45) is 1.22. The van der Waals surface area contributed by atoms with Crippen LogP contribution in [0.1, 0.15) is 32.3 Å². The van der Waals surface area contributed by atoms with Gasteiger partial charge in [-0.25, -0.2) is 4.39 Å². The predicted octanol–water partition coefficient (Wildman–Crippen LogP) is 2.28. The van der Waals surface area contributed by atoms with Gasteiger partial charge in [-0.1, -0.05) is 13.8 Å². The summed E-state index contributed by atoms with van der Waals surface area (Å²) in [4.78, 5) is 26.0. The molecule has 2 amide bonds. The standard InChI is InChI=1S/C16H18FN3O2/c1-10(2)15(20-7-3-4-14(20)21)16(22)19-12-5-6-13(17)11(8-12)9-18/h5-6,8,10,15H,3-4,7H2,1-2H3,(H,19,22). The number of halogens is 1. The van der Waals surface area contributed by atoms with Crippen LogP contribution in [0.5, 0.6) is 0 Å². The van der Waals surface area contributed by atoms with Crippen LogP contribution in [-0.2, 0) is 9.59 Å². The molecule has 0 aliphatic carbocycles. The maximum absolute atomic E-state index is 13.3. The minimum absolute atomic E-state index is 0.0225. The first-order chi connectivity index (χ1) is 10.4. The highest BCUT2D eigenvalue weighted by molar-refractivity contribution is 5.97. The van der Waals surface area contributed by atoms with E-state index in [1.54, 1.807) is 11.0 Å². The number of carbonyl (C=O) groups excluding carboxylic acids is 2. The first-order valence-corrected chi connectivity index (χ1v) is 7.24. The Morgan fingerprint density at radius 3 is 2.73 bits per heavy atom. The van der Waals surface area contributed by atoms with Crippen molar-refractivity contribution in [1.29, 1.82) is 5.26 Å². The van der Waals surface area contributed by atoms with Gasteiger partial charge in [0.05, 0.1) is 5.56 Å². The van der Waals surface area contributed by atoms with Gasteiger partial charge < -0.3 is 10.2 Å². The highest BCUT2D eigenvalue weighted by atomic mass is 19.1. The van der Waals surface area contributed by atoms with Gasteiger partial charge in [0.15, 0.2) is 0 Å². The zero-order valence-electron chi connectivity index (χ0n) is 12.6. The van der Waals surface area contributed by atoms with Crippen molar-refractivity contribution in [3.8, 4) is 6.07 Å². The number of nitriles is 1. The SMILES string of the molecule is CC(C)C(C(=O)Nc1ccc(F)c(C#N)c1)N1CCCC1=O. The lowest BCUT2D eigenvalue weighted by molar-refractivity contribution is -0.136. The quantitative estimate of drug-likeness (QED) is 0.927. The summed E-state index contributed by atoms with van der Waals surface area (Å²) in [6.45, 7) is 4.32. The maximum atomic E-state index is 13.3. The van der Waals surface area contributed by atoms with Crippen molar-refractivity contribution in [2.75, 3.05) is 11.9 Å². The first kappa shape index (κ1) is 16.0. The number of hydrogen-bond acceptors (Lipinski definition) is 3. The van der Waals surface area contributed by atoms with E-state index < -0.39 is 11.9 Å². The van der Waals surface area contributed by atoms with Gasteiger partial charge in [0.2, 0.25) is 11.8 Å². The lowest BCUT2D eigenvalue weighted by Crippen LogP contribution is -2.47. The number of nitrogens with zero attached hydrogens (tertiary/aromatic N) is 2. The molecule has 1 aromatic carbocycles. The lowest BCUT2D eigenvalue weighted by atomic mass is 10.0. The molecule has 0 radical (unpaired) electrons. The number of rotatable bonds is 4. The molecule has 2 rings (SSSR count). The van der Waals surface area contributed by atoms with Gasteiger partial charge in [0.1, 0.15) is 17.9 Å². The number of nitrogens with one attached hydrogen (secondary N) is 1. The summed E-state index contributed by atoms with van der Waals surface area (Å²) in [5, 5.41) is 11.5. The van der Waals surface area contributed by atoms with Crippen LogP contribution < -0.4 is 5.32 Å². The van der Waals surface area contributed by atoms with Crippen LogP contribution in [0.3, 0.4) is 0 Å². The van der Waals surface area contributed by atoms with Gasteiger partial charge >= 0.3 is 0 Å². The molecular weight excluding hydrogens is 285 g/mol. The number of hydrogen-bond donors (Lipinski definition) is 1. The monoisotopic (exact) mass is 303 g/mol. The second-order valence-electron chi connectivity index (χ2n) is 5.68. The zero-order valence-corrected chi connectivity index (χ0v) is 12.6. The molecule has 0 aromatic heterocycles. The van der Waals surface area contributed by atoms with Crippen LogP contribution in [0.15, 0.2) is 18.2 Å². The fourth-order valence-corrected chi connectivity index (χ4v) is 2.67. The topological polar surface area (TPSA) is 73.2 Å². The summed E-state index contributed by atoms with van der Waals surface area (Å²) < 4.78 is 13.3. The van der Waals surface area contributed by atoms with E-state index in [9.17, 15) is 14.0 Å². The molecule has 1 aliphatic heterocycles. The van der Waals surface area contributed by atoms with Crippen LogP contribution in [0.25, 0.3) is 0 Å². The van der Waals surface area contributed by atoms with Crippen molar-refractivity contribution in [3.63, 3.8) is 0 Å². The van der Waals surface area contributed by atoms with Crippen molar-refractivity contribution in [3.05, 3.63) is 29.6 Å². The van der Waals surface area contributed by atoms with Gasteiger partial charge in [-0.2, -0.15) is 5.26 Å². The van der Waals surface area contributed by atoms with Crippen molar-refractivity contribution in [2.45, 2.75) is 32.7 Å². The van der Waals surface area contributed by atoms with Gasteiger partial charge in [-0.3, -0.25) is 9.59 Å². The molecule has 1 aliphatic rings. The molecule has 0 spiro atoms. The molecule has 1 unspecified atom stereocenters. The molecule has 5 nitrogen and oxygen atoms in total. The van der Waals surface area contributed by atoms with E-state index in [2.05, 4.69) is 5.32 Å². The van der Waals surface area contributed by atoms with Crippen molar-refractivity contribution in [2.24, 2.45) is 5.92 Å². The Hall–Kier alpha value is -2.42. The Labute approximate surface area is 128 Å². The average molecular weight is 303 g/mol. The Morgan fingerprint density at radius 1 is 1.45 bits per heavy atom. The molecule has 1 heterocycles. The molecule has 0 saturated carbocycles. The van der Waals surface area contributed by atoms with Gasteiger partial charge in [-0.15, -0.1) is 0 Å². The molecule has 6 heteroatoms. The third-order valence-electron chi connectivity index (χ3n) is 3.70. The van der Waals surface area contributed by atoms with E-state index >= 15 is 0 Å². The minimum atomic E-state index is -0.629. The number of amides is 2. The Morgan fingerprint density at radius 2 is 2.18 bits per heavy atom. The maximum Gasteiger partial charge on any atom is 0.247 e. The van der Waals surface area contributed by atoms with E-state index in [0.717, 1.165) is 12.5 Å². The van der Waals surface area contributed by atoms with Gasteiger partial charge in [0, 0.05) is 18.7 Å². The lowest BCUT2D eigenvalue weighted by Gasteiger charge is -2.29. The van der Waals surface area contributed by atoms with Crippen molar-refractivity contribution >= 4 is 17.5 Å². The number of anilines is 1. The molecule has 1 aromatic rings. The van der Waals surface area contributed by atoms with Crippen LogP contribution in [0, 0.1) is 23.1 Å². The van der Waals surface area contributed by atoms with Crippen LogP contribution >= 0.6 is 0 Å². The molecule has 1 N–H and O–H groups in total. The average Bonchev–Trinajstić information content (AvgIpc) is 2.87. The Kier molecular flexibility index (Phi) is 4.76. The van der Waals surface area contributed by atoms with E-state index in [1.165, 1.54) is 12.1 Å². The Balaban J connectivity index is 2.18. The third kappa shape index (κ3) is 3.25. The molecule has 1 fully saturated rings. The normalized spacial score (nSPS) is 15.8. The molecule has 1 saturated heterocycles. The highest BCUT2D eigenvalue weighted by Crippen LogP contribution is 2.21. The smallest absolute Gasteiger partial charge is 0.247 e. The van der Waals surface area contributed by atoms with E-state index in [4.69, 9.17) is 5.26 Å². The summed E-state index contributed by atoms with van der Waals surface area (Å²) in [5.41, 5.74) is 0.219. The van der Waals surface area contributed by atoms with Gasteiger partial charge in [-0.05, 0) is 30.5 Å². The van der Waals surface area contributed by atoms with Gasteiger partial charge in [0.25, 0.3) is 0 Å². The largest absolute Gasteiger partial charge is 0.330 e. The van der Waals surface area contributed by atoms with E-state index in [1.807, 2.05) is 13.8 Å².